The molecule has 1 aliphatic heterocycles. The maximum Gasteiger partial charge on any atom is 0.309 e. The van der Waals surface area contributed by atoms with E-state index in [0.717, 1.165) is 19.3 Å². The van der Waals surface area contributed by atoms with Crippen LogP contribution in [0.3, 0.4) is 0 Å². The van der Waals surface area contributed by atoms with Gasteiger partial charge in [0, 0.05) is 0 Å². The van der Waals surface area contributed by atoms with E-state index < -0.39 is 6.10 Å². The van der Waals surface area contributed by atoms with E-state index in [1.165, 1.54) is 32.1 Å². The highest BCUT2D eigenvalue weighted by Crippen LogP contribution is 2.28. The predicted molar refractivity (Wildman–Crippen MR) is 82.8 cm³/mol. The molecule has 1 aliphatic rings. The summed E-state index contributed by atoms with van der Waals surface area (Å²) in [4.78, 5) is 11.6. The zero-order chi connectivity index (χ0) is 15.5. The first-order chi connectivity index (χ1) is 10.2. The third kappa shape index (κ3) is 7.63. The average molecular weight is 298 g/mol. The molecule has 3 atom stereocenters. The summed E-state index contributed by atoms with van der Waals surface area (Å²) in [5.74, 6) is -0.451. The number of rotatable bonds is 12. The topological polar surface area (TPSA) is 66.8 Å². The van der Waals surface area contributed by atoms with Gasteiger partial charge in [0.1, 0.15) is 6.10 Å². The summed E-state index contributed by atoms with van der Waals surface area (Å²) in [7, 11) is 0. The summed E-state index contributed by atoms with van der Waals surface area (Å²) in [6, 6.07) is 0. The van der Waals surface area contributed by atoms with Gasteiger partial charge in [-0.1, -0.05) is 31.8 Å². The number of esters is 1. The third-order valence-corrected chi connectivity index (χ3v) is 4.12. The Balaban J connectivity index is 2.03. The van der Waals surface area contributed by atoms with Gasteiger partial charge in [0.2, 0.25) is 0 Å². The minimum Gasteiger partial charge on any atom is -0.462 e. The lowest BCUT2D eigenvalue weighted by molar-refractivity contribution is -0.145. The van der Waals surface area contributed by atoms with Crippen LogP contribution in [-0.2, 0) is 9.53 Å². The molecule has 1 saturated heterocycles. The fourth-order valence-electron chi connectivity index (χ4n) is 2.86. The van der Waals surface area contributed by atoms with Gasteiger partial charge in [0.05, 0.1) is 18.6 Å². The van der Waals surface area contributed by atoms with E-state index in [1.54, 1.807) is 0 Å². The molecule has 1 fully saturated rings. The summed E-state index contributed by atoms with van der Waals surface area (Å²) < 4.78 is 5.34. The maximum atomic E-state index is 11.6. The number of ether oxygens (including phenoxy) is 1. The molecule has 0 aromatic carbocycles. The molecule has 0 saturated carbocycles. The van der Waals surface area contributed by atoms with Crippen molar-refractivity contribution in [1.82, 2.24) is 0 Å². The number of hydrogen-bond donors (Lipinski definition) is 2. The number of aliphatic hydroxyl groups is 2. The van der Waals surface area contributed by atoms with Gasteiger partial charge in [0.15, 0.2) is 0 Å². The standard InChI is InChI=1S/C17H30O4/c1-2-3-4-5-6-7-8-9-10-16-12-14(17(20)21-16)11-15(19)13-18/h2,14-16,18-19H,1,3-13H2/t14-,15-,16+/m0/s1. The van der Waals surface area contributed by atoms with Crippen LogP contribution in [-0.4, -0.2) is 35.0 Å². The molecular weight excluding hydrogens is 268 g/mol. The van der Waals surface area contributed by atoms with Crippen molar-refractivity contribution >= 4 is 5.97 Å². The minimum absolute atomic E-state index is 0.00848. The molecule has 0 bridgehead atoms. The maximum absolute atomic E-state index is 11.6. The molecule has 0 spiro atoms. The van der Waals surface area contributed by atoms with E-state index in [2.05, 4.69) is 6.58 Å². The molecular formula is C17H30O4. The Bertz CT molecular complexity index is 303. The SMILES string of the molecule is C=CCCCCCCCC[C@@H]1C[C@H](C[C@H](O)CO)C(=O)O1. The summed E-state index contributed by atoms with van der Waals surface area (Å²) >= 11 is 0. The molecule has 0 radical (unpaired) electrons. The third-order valence-electron chi connectivity index (χ3n) is 4.12. The molecule has 1 rings (SSSR count). The fourth-order valence-corrected chi connectivity index (χ4v) is 2.86. The van der Waals surface area contributed by atoms with Gasteiger partial charge in [-0.2, -0.15) is 0 Å². The van der Waals surface area contributed by atoms with Crippen LogP contribution in [0.2, 0.25) is 0 Å². The minimum atomic E-state index is -0.808. The van der Waals surface area contributed by atoms with Crippen molar-refractivity contribution in [2.24, 2.45) is 5.92 Å². The fraction of sp³-hybridized carbons (Fsp3) is 0.824. The number of cyclic esters (lactones) is 1. The number of allylic oxidation sites excluding steroid dienone is 1. The Kier molecular flexibility index (Phi) is 9.35. The van der Waals surface area contributed by atoms with Gasteiger partial charge in [0.25, 0.3) is 0 Å². The van der Waals surface area contributed by atoms with Crippen molar-refractivity contribution in [3.8, 4) is 0 Å². The van der Waals surface area contributed by atoms with Crippen molar-refractivity contribution in [3.05, 3.63) is 12.7 Å². The highest BCUT2D eigenvalue weighted by atomic mass is 16.5. The first-order valence-corrected chi connectivity index (χ1v) is 8.27. The molecule has 4 nitrogen and oxygen atoms in total. The van der Waals surface area contributed by atoms with Crippen molar-refractivity contribution in [1.29, 1.82) is 0 Å². The Morgan fingerprint density at radius 3 is 2.57 bits per heavy atom. The van der Waals surface area contributed by atoms with Crippen LogP contribution in [0.5, 0.6) is 0 Å². The quantitative estimate of drug-likeness (QED) is 0.330. The smallest absolute Gasteiger partial charge is 0.309 e. The van der Waals surface area contributed by atoms with E-state index in [9.17, 15) is 9.90 Å². The molecule has 1 heterocycles. The number of unbranched alkanes of at least 4 members (excludes halogenated alkanes) is 6. The molecule has 0 unspecified atom stereocenters. The van der Waals surface area contributed by atoms with Crippen molar-refractivity contribution in [2.75, 3.05) is 6.61 Å². The highest BCUT2D eigenvalue weighted by molar-refractivity contribution is 5.74. The summed E-state index contributed by atoms with van der Waals surface area (Å²) in [6.45, 7) is 3.43. The van der Waals surface area contributed by atoms with E-state index in [-0.39, 0.29) is 24.6 Å². The second kappa shape index (κ2) is 10.8. The average Bonchev–Trinajstić information content (AvgIpc) is 2.82. The Morgan fingerprint density at radius 1 is 1.24 bits per heavy atom. The van der Waals surface area contributed by atoms with Gasteiger partial charge in [-0.15, -0.1) is 6.58 Å². The van der Waals surface area contributed by atoms with Crippen LogP contribution >= 0.6 is 0 Å². The van der Waals surface area contributed by atoms with Crippen molar-refractivity contribution < 1.29 is 19.7 Å². The van der Waals surface area contributed by atoms with E-state index in [1.807, 2.05) is 6.08 Å². The van der Waals surface area contributed by atoms with Gasteiger partial charge < -0.3 is 14.9 Å². The summed E-state index contributed by atoms with van der Waals surface area (Å²) in [5, 5.41) is 18.2. The Labute approximate surface area is 128 Å². The van der Waals surface area contributed by atoms with Crippen LogP contribution in [0.1, 0.15) is 64.2 Å². The van der Waals surface area contributed by atoms with Gasteiger partial charge in [-0.25, -0.2) is 0 Å². The van der Waals surface area contributed by atoms with E-state index in [0.29, 0.717) is 12.8 Å². The van der Waals surface area contributed by atoms with Gasteiger partial charge >= 0.3 is 5.97 Å². The lowest BCUT2D eigenvalue weighted by Crippen LogP contribution is -2.20. The van der Waals surface area contributed by atoms with E-state index in [4.69, 9.17) is 9.84 Å². The molecule has 0 amide bonds. The number of carbonyl (C=O) groups is 1. The van der Waals surface area contributed by atoms with Crippen molar-refractivity contribution in [3.63, 3.8) is 0 Å². The second-order valence-electron chi connectivity index (χ2n) is 6.05. The molecule has 0 aliphatic carbocycles. The van der Waals surface area contributed by atoms with Gasteiger partial charge in [-0.3, -0.25) is 4.79 Å². The van der Waals surface area contributed by atoms with Crippen LogP contribution in [0.25, 0.3) is 0 Å². The van der Waals surface area contributed by atoms with Crippen LogP contribution in [0.15, 0.2) is 12.7 Å². The number of hydrogen-bond acceptors (Lipinski definition) is 4. The monoisotopic (exact) mass is 298 g/mol. The molecule has 4 heteroatoms. The molecule has 0 aromatic heterocycles. The molecule has 122 valence electrons. The Morgan fingerprint density at radius 2 is 1.90 bits per heavy atom. The normalized spacial score (nSPS) is 23.0. The summed E-state index contributed by atoms with van der Waals surface area (Å²) in [5.41, 5.74) is 0. The zero-order valence-electron chi connectivity index (χ0n) is 13.0. The van der Waals surface area contributed by atoms with Crippen LogP contribution < -0.4 is 0 Å². The number of carbonyl (C=O) groups excluding carboxylic acids is 1. The molecule has 2 N–H and O–H groups in total. The van der Waals surface area contributed by atoms with Gasteiger partial charge in [-0.05, 0) is 38.5 Å². The highest BCUT2D eigenvalue weighted by Gasteiger charge is 2.34. The molecule has 0 aromatic rings. The summed E-state index contributed by atoms with van der Waals surface area (Å²) in [6.07, 6.45) is 11.5. The predicted octanol–water partition coefficient (Wildman–Crippen LogP) is 2.97. The van der Waals surface area contributed by atoms with E-state index >= 15 is 0 Å². The lowest BCUT2D eigenvalue weighted by atomic mass is 9.96. The Hall–Kier alpha value is -0.870. The van der Waals surface area contributed by atoms with Crippen LogP contribution in [0, 0.1) is 5.92 Å². The lowest BCUT2D eigenvalue weighted by Gasteiger charge is -2.10. The first-order valence-electron chi connectivity index (χ1n) is 8.27. The first kappa shape index (κ1) is 18.2. The number of aliphatic hydroxyl groups excluding tert-OH is 2. The molecule has 21 heavy (non-hydrogen) atoms. The second-order valence-corrected chi connectivity index (χ2v) is 6.05. The van der Waals surface area contributed by atoms with Crippen molar-refractivity contribution in [2.45, 2.75) is 76.4 Å². The largest absolute Gasteiger partial charge is 0.462 e. The zero-order valence-corrected chi connectivity index (χ0v) is 13.0. The van der Waals surface area contributed by atoms with Crippen LogP contribution in [0.4, 0.5) is 0 Å².